The number of carbonyl (C=O) groups is 1. The Morgan fingerprint density at radius 1 is 1.31 bits per heavy atom. The van der Waals surface area contributed by atoms with Crippen molar-refractivity contribution in [2.75, 3.05) is 7.11 Å². The second kappa shape index (κ2) is 8.34. The van der Waals surface area contributed by atoms with Crippen LogP contribution < -0.4 is 16.0 Å². The summed E-state index contributed by atoms with van der Waals surface area (Å²) in [4.78, 5) is 38.9. The first kappa shape index (κ1) is 20.4. The van der Waals surface area contributed by atoms with Crippen LogP contribution in [0.15, 0.2) is 39.0 Å². The molecule has 2 N–H and O–H groups in total. The molecule has 1 atom stereocenters. The van der Waals surface area contributed by atoms with Crippen molar-refractivity contribution in [2.45, 2.75) is 45.7 Å². The summed E-state index contributed by atoms with van der Waals surface area (Å²) in [7, 11) is 1.57. The van der Waals surface area contributed by atoms with Crippen LogP contribution in [0.3, 0.4) is 0 Å². The topological polar surface area (TPSA) is 117 Å². The number of carbonyl (C=O) groups excluding carboxylic acids is 1. The average Bonchev–Trinajstić information content (AvgIpc) is 3.13. The molecular formula is C20H24N4O5. The second-order valence-corrected chi connectivity index (χ2v) is 6.87. The first-order valence-electron chi connectivity index (χ1n) is 9.45. The molecule has 1 aromatic carbocycles. The highest BCUT2D eigenvalue weighted by atomic mass is 16.5. The van der Waals surface area contributed by atoms with Crippen LogP contribution in [0.2, 0.25) is 0 Å². The number of aromatic amines is 1. The van der Waals surface area contributed by atoms with Gasteiger partial charge in [0.25, 0.3) is 5.56 Å². The highest BCUT2D eigenvalue weighted by Crippen LogP contribution is 2.34. The Hall–Kier alpha value is -3.36. The molecule has 1 aliphatic heterocycles. The Kier molecular flexibility index (Phi) is 5.86. The zero-order chi connectivity index (χ0) is 21.1. The van der Waals surface area contributed by atoms with E-state index in [2.05, 4.69) is 10.1 Å². The lowest BCUT2D eigenvalue weighted by atomic mass is 9.99. The predicted molar refractivity (Wildman–Crippen MR) is 107 cm³/mol. The van der Waals surface area contributed by atoms with E-state index in [-0.39, 0.29) is 30.1 Å². The lowest BCUT2D eigenvalue weighted by Crippen LogP contribution is -2.33. The third kappa shape index (κ3) is 3.94. The molecule has 0 fully saturated rings. The standard InChI is InChI=1S/C20H24N4O5/c1-4-5-10-23-19(27)17(18(26)21-20(23)28)15-11-16(24(22-15)12(2)25)13-6-8-14(29-3)9-7-13/h6-9,16,27H,4-5,10-11H2,1-3H3,(H,21,26,28). The number of ether oxygens (including phenoxy) is 1. The Morgan fingerprint density at radius 2 is 2.00 bits per heavy atom. The Morgan fingerprint density at radius 3 is 2.59 bits per heavy atom. The first-order chi connectivity index (χ1) is 13.9. The van der Waals surface area contributed by atoms with E-state index in [1.54, 1.807) is 19.2 Å². The minimum Gasteiger partial charge on any atom is -0.497 e. The van der Waals surface area contributed by atoms with Crippen molar-refractivity contribution >= 4 is 11.6 Å². The molecule has 1 amide bonds. The van der Waals surface area contributed by atoms with Gasteiger partial charge in [0.2, 0.25) is 11.8 Å². The summed E-state index contributed by atoms with van der Waals surface area (Å²) in [6, 6.07) is 6.78. The monoisotopic (exact) mass is 400 g/mol. The summed E-state index contributed by atoms with van der Waals surface area (Å²) in [5.74, 6) is -0.0415. The maximum Gasteiger partial charge on any atom is 0.331 e. The van der Waals surface area contributed by atoms with Gasteiger partial charge < -0.3 is 9.84 Å². The van der Waals surface area contributed by atoms with E-state index in [0.717, 1.165) is 16.6 Å². The van der Waals surface area contributed by atoms with Crippen molar-refractivity contribution in [2.24, 2.45) is 5.10 Å². The Labute approximate surface area is 167 Å². The van der Waals surface area contributed by atoms with Gasteiger partial charge >= 0.3 is 5.69 Å². The molecule has 0 spiro atoms. The molecule has 0 bridgehead atoms. The molecule has 9 heteroatoms. The number of methoxy groups -OCH3 is 1. The molecular weight excluding hydrogens is 376 g/mol. The largest absolute Gasteiger partial charge is 0.497 e. The molecule has 1 aromatic heterocycles. The van der Waals surface area contributed by atoms with Gasteiger partial charge in [-0.1, -0.05) is 25.5 Å². The SMILES string of the molecule is CCCCn1c(O)c(C2=NN(C(C)=O)C(c3ccc(OC)cc3)C2)c(=O)[nH]c1=O. The summed E-state index contributed by atoms with van der Waals surface area (Å²) in [5.41, 5.74) is -0.403. The van der Waals surface area contributed by atoms with Crippen LogP contribution in [0, 0.1) is 0 Å². The minimum atomic E-state index is -0.724. The molecule has 0 saturated carbocycles. The molecule has 29 heavy (non-hydrogen) atoms. The number of H-pyrrole nitrogens is 1. The van der Waals surface area contributed by atoms with Crippen LogP contribution in [-0.2, 0) is 11.3 Å². The number of rotatable bonds is 6. The van der Waals surface area contributed by atoms with Gasteiger partial charge in [-0.3, -0.25) is 19.1 Å². The quantitative estimate of drug-likeness (QED) is 0.766. The summed E-state index contributed by atoms with van der Waals surface area (Å²) in [5, 5.41) is 16.2. The lowest BCUT2D eigenvalue weighted by molar-refractivity contribution is -0.130. The molecule has 0 aliphatic carbocycles. The fourth-order valence-electron chi connectivity index (χ4n) is 3.38. The molecule has 9 nitrogen and oxygen atoms in total. The number of aromatic hydroxyl groups is 1. The number of hydrogen-bond acceptors (Lipinski definition) is 6. The zero-order valence-corrected chi connectivity index (χ0v) is 16.6. The van der Waals surface area contributed by atoms with E-state index in [9.17, 15) is 19.5 Å². The van der Waals surface area contributed by atoms with Crippen molar-refractivity contribution in [3.8, 4) is 11.6 Å². The van der Waals surface area contributed by atoms with E-state index < -0.39 is 23.2 Å². The zero-order valence-electron chi connectivity index (χ0n) is 16.6. The fourth-order valence-corrected chi connectivity index (χ4v) is 3.38. The Bertz CT molecular complexity index is 1050. The minimum absolute atomic E-state index is 0.0806. The van der Waals surface area contributed by atoms with Crippen molar-refractivity contribution in [1.82, 2.24) is 14.6 Å². The highest BCUT2D eigenvalue weighted by Gasteiger charge is 2.34. The molecule has 2 heterocycles. The smallest absolute Gasteiger partial charge is 0.331 e. The number of nitrogens with one attached hydrogen (secondary N) is 1. The van der Waals surface area contributed by atoms with Crippen molar-refractivity contribution in [3.63, 3.8) is 0 Å². The van der Waals surface area contributed by atoms with Crippen LogP contribution in [0.4, 0.5) is 0 Å². The van der Waals surface area contributed by atoms with E-state index in [1.165, 1.54) is 11.9 Å². The van der Waals surface area contributed by atoms with Gasteiger partial charge in [-0.05, 0) is 24.1 Å². The third-order valence-corrected chi connectivity index (χ3v) is 4.93. The molecule has 2 aromatic rings. The van der Waals surface area contributed by atoms with E-state index in [0.29, 0.717) is 12.2 Å². The summed E-state index contributed by atoms with van der Waals surface area (Å²) in [6.07, 6.45) is 1.72. The number of aromatic nitrogens is 2. The van der Waals surface area contributed by atoms with Crippen molar-refractivity contribution in [1.29, 1.82) is 0 Å². The molecule has 1 unspecified atom stereocenters. The molecule has 3 rings (SSSR count). The molecule has 0 saturated heterocycles. The molecule has 1 aliphatic rings. The normalized spacial score (nSPS) is 16.0. The van der Waals surface area contributed by atoms with Gasteiger partial charge in [0.1, 0.15) is 11.3 Å². The van der Waals surface area contributed by atoms with Gasteiger partial charge in [0.05, 0.1) is 18.9 Å². The first-order valence-corrected chi connectivity index (χ1v) is 9.45. The number of hydrazone groups is 1. The van der Waals surface area contributed by atoms with Gasteiger partial charge in [-0.15, -0.1) is 0 Å². The number of nitrogens with zero attached hydrogens (tertiary/aromatic N) is 3. The van der Waals surface area contributed by atoms with Crippen LogP contribution >= 0.6 is 0 Å². The highest BCUT2D eigenvalue weighted by molar-refractivity contribution is 6.04. The second-order valence-electron chi connectivity index (χ2n) is 6.87. The number of amides is 1. The maximum atomic E-state index is 12.4. The average molecular weight is 400 g/mol. The Balaban J connectivity index is 2.03. The van der Waals surface area contributed by atoms with Crippen LogP contribution in [-0.4, -0.2) is 38.4 Å². The summed E-state index contributed by atoms with van der Waals surface area (Å²) >= 11 is 0. The van der Waals surface area contributed by atoms with E-state index in [4.69, 9.17) is 4.74 Å². The van der Waals surface area contributed by atoms with Gasteiger partial charge in [0, 0.05) is 19.9 Å². The lowest BCUT2D eigenvalue weighted by Gasteiger charge is -2.20. The molecule has 0 radical (unpaired) electrons. The van der Waals surface area contributed by atoms with Gasteiger partial charge in [-0.25, -0.2) is 9.80 Å². The molecule has 154 valence electrons. The number of unbranched alkanes of at least 4 members (excludes halogenated alkanes) is 1. The van der Waals surface area contributed by atoms with Crippen molar-refractivity contribution < 1.29 is 14.6 Å². The number of hydrogen-bond donors (Lipinski definition) is 2. The summed E-state index contributed by atoms with van der Waals surface area (Å²) < 4.78 is 6.29. The van der Waals surface area contributed by atoms with Gasteiger partial charge in [0.15, 0.2) is 0 Å². The summed E-state index contributed by atoms with van der Waals surface area (Å²) in [6.45, 7) is 3.62. The number of benzene rings is 1. The van der Waals surface area contributed by atoms with Crippen LogP contribution in [0.25, 0.3) is 0 Å². The predicted octanol–water partition coefficient (Wildman–Crippen LogP) is 1.75. The third-order valence-electron chi connectivity index (χ3n) is 4.93. The van der Waals surface area contributed by atoms with E-state index in [1.807, 2.05) is 19.1 Å². The fraction of sp³-hybridized carbons (Fsp3) is 0.400. The van der Waals surface area contributed by atoms with Crippen LogP contribution in [0.1, 0.15) is 50.3 Å². The van der Waals surface area contributed by atoms with Crippen LogP contribution in [0.5, 0.6) is 11.6 Å². The van der Waals surface area contributed by atoms with E-state index >= 15 is 0 Å². The van der Waals surface area contributed by atoms with Crippen molar-refractivity contribution in [3.05, 3.63) is 56.2 Å². The van der Waals surface area contributed by atoms with Gasteiger partial charge in [-0.2, -0.15) is 5.10 Å². The maximum absolute atomic E-state index is 12.4.